The van der Waals surface area contributed by atoms with Gasteiger partial charge in [-0.15, -0.1) is 0 Å². The van der Waals surface area contributed by atoms with E-state index in [2.05, 4.69) is 82.4 Å². The topological polar surface area (TPSA) is 76.2 Å². The molecule has 0 aromatic heterocycles. The van der Waals surface area contributed by atoms with Gasteiger partial charge in [0.2, 0.25) is 0 Å². The van der Waals surface area contributed by atoms with Gasteiger partial charge in [-0.2, -0.15) is 5.26 Å². The lowest BCUT2D eigenvalue weighted by atomic mass is 10.0. The van der Waals surface area contributed by atoms with E-state index in [-0.39, 0.29) is 5.69 Å². The SMILES string of the molecule is Cc1ccc(COc2c(I)cc(/C=C(/C#N)c3ccc([N+](=O)[O-])cc3)cc2I)cc1. The predicted molar refractivity (Wildman–Crippen MR) is 134 cm³/mol. The maximum absolute atomic E-state index is 10.8. The first kappa shape index (κ1) is 22.2. The second-order valence-corrected chi connectivity index (χ2v) is 8.89. The summed E-state index contributed by atoms with van der Waals surface area (Å²) < 4.78 is 7.92. The Kier molecular flexibility index (Phi) is 7.44. The molecule has 0 radical (unpaired) electrons. The Morgan fingerprint density at radius 3 is 2.23 bits per heavy atom. The number of nitriles is 1. The lowest BCUT2D eigenvalue weighted by molar-refractivity contribution is -0.384. The Morgan fingerprint density at radius 2 is 1.70 bits per heavy atom. The molecule has 3 rings (SSSR count). The van der Waals surface area contributed by atoms with Crippen LogP contribution in [0.25, 0.3) is 11.6 Å². The molecule has 0 saturated carbocycles. The minimum Gasteiger partial charge on any atom is -0.487 e. The minimum atomic E-state index is -0.459. The number of rotatable bonds is 6. The second-order valence-electron chi connectivity index (χ2n) is 6.56. The molecular formula is C23H16I2N2O3. The smallest absolute Gasteiger partial charge is 0.269 e. The van der Waals surface area contributed by atoms with Crippen LogP contribution in [0.1, 0.15) is 22.3 Å². The van der Waals surface area contributed by atoms with Crippen molar-refractivity contribution >= 4 is 62.5 Å². The zero-order valence-electron chi connectivity index (χ0n) is 15.9. The van der Waals surface area contributed by atoms with E-state index in [4.69, 9.17) is 4.74 Å². The summed E-state index contributed by atoms with van der Waals surface area (Å²) in [6.07, 6.45) is 1.77. The largest absolute Gasteiger partial charge is 0.487 e. The summed E-state index contributed by atoms with van der Waals surface area (Å²) in [5.41, 5.74) is 4.23. The van der Waals surface area contributed by atoms with E-state index in [1.54, 1.807) is 18.2 Å². The van der Waals surface area contributed by atoms with Gasteiger partial charge in [-0.3, -0.25) is 10.1 Å². The summed E-state index contributed by atoms with van der Waals surface area (Å²) in [7, 11) is 0. The third kappa shape index (κ3) is 5.58. The third-order valence-electron chi connectivity index (χ3n) is 4.34. The van der Waals surface area contributed by atoms with Crippen molar-refractivity contribution in [2.24, 2.45) is 0 Å². The molecule has 0 N–H and O–H groups in total. The van der Waals surface area contributed by atoms with Crippen LogP contribution in [0.4, 0.5) is 5.69 Å². The summed E-state index contributed by atoms with van der Waals surface area (Å²) in [6.45, 7) is 2.53. The van der Waals surface area contributed by atoms with Crippen molar-refractivity contribution in [3.8, 4) is 11.8 Å². The van der Waals surface area contributed by atoms with E-state index in [1.807, 2.05) is 12.1 Å². The molecule has 0 unspecified atom stereocenters. The van der Waals surface area contributed by atoms with Crippen LogP contribution >= 0.6 is 45.2 Å². The molecule has 0 heterocycles. The van der Waals surface area contributed by atoms with Gasteiger partial charge in [0.25, 0.3) is 5.69 Å². The van der Waals surface area contributed by atoms with Gasteiger partial charge in [-0.25, -0.2) is 0 Å². The van der Waals surface area contributed by atoms with Crippen LogP contribution in [0.15, 0.2) is 60.7 Å². The molecule has 0 spiro atoms. The van der Waals surface area contributed by atoms with Crippen LogP contribution in [0.3, 0.4) is 0 Å². The summed E-state index contributed by atoms with van der Waals surface area (Å²) in [5, 5.41) is 20.4. The first-order valence-corrected chi connectivity index (χ1v) is 11.1. The summed E-state index contributed by atoms with van der Waals surface area (Å²) in [5.74, 6) is 0.808. The average Bonchev–Trinajstić information content (AvgIpc) is 2.73. The van der Waals surface area contributed by atoms with Gasteiger partial charge in [-0.05, 0) is 99.1 Å². The van der Waals surface area contributed by atoms with Crippen LogP contribution in [-0.2, 0) is 6.61 Å². The number of nitro groups is 1. The zero-order chi connectivity index (χ0) is 21.7. The van der Waals surface area contributed by atoms with Gasteiger partial charge < -0.3 is 4.74 Å². The lowest BCUT2D eigenvalue weighted by Gasteiger charge is -2.12. The molecule has 0 aliphatic carbocycles. The highest BCUT2D eigenvalue weighted by molar-refractivity contribution is 14.1. The van der Waals surface area contributed by atoms with Crippen molar-refractivity contribution in [3.63, 3.8) is 0 Å². The predicted octanol–water partition coefficient (Wildman–Crippen LogP) is 6.76. The summed E-state index contributed by atoms with van der Waals surface area (Å²) in [4.78, 5) is 10.4. The first-order chi connectivity index (χ1) is 14.4. The van der Waals surface area contributed by atoms with Gasteiger partial charge in [0.15, 0.2) is 0 Å². The number of hydrogen-bond donors (Lipinski definition) is 0. The van der Waals surface area contributed by atoms with E-state index < -0.39 is 4.92 Å². The fraction of sp³-hybridized carbons (Fsp3) is 0.0870. The van der Waals surface area contributed by atoms with Crippen molar-refractivity contribution in [1.82, 2.24) is 0 Å². The molecule has 0 atom stereocenters. The molecule has 5 nitrogen and oxygen atoms in total. The summed E-state index contributed by atoms with van der Waals surface area (Å²) >= 11 is 4.46. The molecule has 0 aliphatic rings. The minimum absolute atomic E-state index is 0.00443. The third-order valence-corrected chi connectivity index (χ3v) is 5.95. The number of benzene rings is 3. The standard InChI is InChI=1S/C23H16I2N2O3/c1-15-2-4-16(5-3-15)14-30-23-21(24)11-17(12-22(23)25)10-19(13-26)18-6-8-20(9-7-18)27(28)29/h2-12H,14H2,1H3/b19-10-. The molecule has 0 fully saturated rings. The number of allylic oxidation sites excluding steroid dienone is 1. The molecule has 7 heteroatoms. The van der Waals surface area contributed by atoms with E-state index in [1.165, 1.54) is 17.7 Å². The van der Waals surface area contributed by atoms with E-state index in [0.29, 0.717) is 17.7 Å². The molecule has 0 amide bonds. The second kappa shape index (κ2) is 10.0. The highest BCUT2D eigenvalue weighted by atomic mass is 127. The maximum Gasteiger partial charge on any atom is 0.269 e. The Morgan fingerprint density at radius 1 is 1.10 bits per heavy atom. The fourth-order valence-electron chi connectivity index (χ4n) is 2.75. The van der Waals surface area contributed by atoms with Crippen LogP contribution in [0.5, 0.6) is 5.75 Å². The molecule has 3 aromatic carbocycles. The van der Waals surface area contributed by atoms with Crippen molar-refractivity contribution in [1.29, 1.82) is 5.26 Å². The lowest BCUT2D eigenvalue weighted by Crippen LogP contribution is -1.99. The quantitative estimate of drug-likeness (QED) is 0.100. The first-order valence-electron chi connectivity index (χ1n) is 8.91. The maximum atomic E-state index is 10.8. The molecule has 30 heavy (non-hydrogen) atoms. The van der Waals surface area contributed by atoms with Crippen molar-refractivity contribution in [3.05, 3.63) is 100 Å². The highest BCUT2D eigenvalue weighted by Crippen LogP contribution is 2.31. The van der Waals surface area contributed by atoms with Crippen molar-refractivity contribution in [2.45, 2.75) is 13.5 Å². The van der Waals surface area contributed by atoms with Gasteiger partial charge >= 0.3 is 0 Å². The van der Waals surface area contributed by atoms with E-state index in [9.17, 15) is 15.4 Å². The number of non-ortho nitro benzene ring substituents is 1. The number of halogens is 2. The zero-order valence-corrected chi connectivity index (χ0v) is 20.2. The average molecular weight is 622 g/mol. The van der Waals surface area contributed by atoms with Crippen molar-refractivity contribution in [2.75, 3.05) is 0 Å². The number of aryl methyl sites for hydroxylation is 1. The number of ether oxygens (including phenoxy) is 1. The van der Waals surface area contributed by atoms with Crippen LogP contribution < -0.4 is 4.74 Å². The van der Waals surface area contributed by atoms with E-state index in [0.717, 1.165) is 24.0 Å². The van der Waals surface area contributed by atoms with E-state index >= 15 is 0 Å². The fourth-order valence-corrected chi connectivity index (χ4v) is 4.88. The Bertz CT molecular complexity index is 1130. The van der Waals surface area contributed by atoms with Gasteiger partial charge in [-0.1, -0.05) is 29.8 Å². The normalized spacial score (nSPS) is 11.1. The van der Waals surface area contributed by atoms with Gasteiger partial charge in [0, 0.05) is 12.1 Å². The van der Waals surface area contributed by atoms with Crippen LogP contribution in [0.2, 0.25) is 0 Å². The van der Waals surface area contributed by atoms with Gasteiger partial charge in [0.1, 0.15) is 12.4 Å². The molecule has 0 aliphatic heterocycles. The molecule has 0 bridgehead atoms. The number of nitro benzene ring substituents is 1. The molecule has 0 saturated heterocycles. The Labute approximate surface area is 201 Å². The molecule has 150 valence electrons. The summed E-state index contributed by atoms with van der Waals surface area (Å²) in [6, 6.07) is 20.3. The molecule has 3 aromatic rings. The van der Waals surface area contributed by atoms with Crippen LogP contribution in [0, 0.1) is 35.5 Å². The van der Waals surface area contributed by atoms with Crippen molar-refractivity contribution < 1.29 is 9.66 Å². The molecular weight excluding hydrogens is 606 g/mol. The van der Waals surface area contributed by atoms with Crippen LogP contribution in [-0.4, -0.2) is 4.92 Å². The number of nitrogens with zero attached hydrogens (tertiary/aromatic N) is 2. The highest BCUT2D eigenvalue weighted by Gasteiger charge is 2.11. The van der Waals surface area contributed by atoms with Gasteiger partial charge in [0.05, 0.1) is 23.7 Å². The number of hydrogen-bond acceptors (Lipinski definition) is 4. The monoisotopic (exact) mass is 622 g/mol. The Balaban J connectivity index is 1.83. The Hall–Kier alpha value is -2.45.